The lowest BCUT2D eigenvalue weighted by Crippen LogP contribution is -2.55. The smallest absolute Gasteiger partial charge is 0.255 e. The Hall–Kier alpha value is -2.87. The van der Waals surface area contributed by atoms with Crippen LogP contribution in [0.1, 0.15) is 44.7 Å². The molecule has 0 atom stereocenters. The predicted molar refractivity (Wildman–Crippen MR) is 176 cm³/mol. The molecule has 2 aromatic rings. The molecule has 2 aromatic carbocycles. The molecule has 0 unspecified atom stereocenters. The summed E-state index contributed by atoms with van der Waals surface area (Å²) in [5.74, 6) is 0.304. The molecule has 0 saturated carbocycles. The fraction of sp³-hybridized carbons (Fsp3) is 0.500. The molecular formula is C32H42IN7O3. The number of primary amides is 1. The summed E-state index contributed by atoms with van der Waals surface area (Å²) in [5, 5.41) is 12.0. The van der Waals surface area contributed by atoms with E-state index in [1.54, 1.807) is 24.3 Å². The second-order valence-corrected chi connectivity index (χ2v) is 13.0. The zero-order chi connectivity index (χ0) is 30.3. The van der Waals surface area contributed by atoms with Gasteiger partial charge in [0.25, 0.3) is 5.91 Å². The molecule has 11 heteroatoms. The van der Waals surface area contributed by atoms with Crippen LogP contribution in [0.5, 0.6) is 0 Å². The first kappa shape index (κ1) is 31.6. The van der Waals surface area contributed by atoms with Crippen molar-refractivity contribution in [2.75, 3.05) is 78.5 Å². The number of hydrogen-bond acceptors (Lipinski definition) is 7. The Morgan fingerprint density at radius 1 is 0.837 bits per heavy atom. The largest absolute Gasteiger partial charge is 0.366 e. The summed E-state index contributed by atoms with van der Waals surface area (Å²) < 4.78 is 0.841. The third-order valence-corrected chi connectivity index (χ3v) is 9.82. The van der Waals surface area contributed by atoms with Gasteiger partial charge < -0.3 is 31.2 Å². The van der Waals surface area contributed by atoms with Crippen LogP contribution in [-0.4, -0.2) is 122 Å². The number of carbonyl (C=O) groups is 3. The Kier molecular flexibility index (Phi) is 10.8. The molecule has 230 valence electrons. The first-order chi connectivity index (χ1) is 20.8. The van der Waals surface area contributed by atoms with Gasteiger partial charge in [-0.25, -0.2) is 0 Å². The quantitative estimate of drug-likeness (QED) is 0.272. The summed E-state index contributed by atoms with van der Waals surface area (Å²) in [4.78, 5) is 47.0. The van der Waals surface area contributed by atoms with E-state index in [2.05, 4.69) is 37.7 Å². The van der Waals surface area contributed by atoms with Crippen LogP contribution in [0.15, 0.2) is 42.5 Å². The monoisotopic (exact) mass is 699 g/mol. The number of nitrogens with one attached hydrogen (secondary N) is 2. The molecule has 10 nitrogen and oxygen atoms in total. The number of nitrogens with zero attached hydrogens (tertiary/aromatic N) is 4. The minimum Gasteiger partial charge on any atom is -0.366 e. The molecule has 0 aliphatic carbocycles. The molecule has 3 aliphatic rings. The highest BCUT2D eigenvalue weighted by Gasteiger charge is 2.28. The lowest BCUT2D eigenvalue weighted by Gasteiger charge is -2.39. The molecule has 5 rings (SSSR count). The zero-order valence-corrected chi connectivity index (χ0v) is 26.9. The van der Waals surface area contributed by atoms with Crippen molar-refractivity contribution in [2.45, 2.75) is 19.3 Å². The molecule has 0 radical (unpaired) electrons. The minimum absolute atomic E-state index is 0.0627. The van der Waals surface area contributed by atoms with Gasteiger partial charge in [0.05, 0.1) is 12.1 Å². The molecule has 3 heterocycles. The van der Waals surface area contributed by atoms with Crippen molar-refractivity contribution in [3.8, 4) is 0 Å². The van der Waals surface area contributed by atoms with E-state index in [1.165, 1.54) is 19.4 Å². The fourth-order valence-corrected chi connectivity index (χ4v) is 6.85. The van der Waals surface area contributed by atoms with Crippen molar-refractivity contribution in [3.05, 3.63) is 68.3 Å². The van der Waals surface area contributed by atoms with Crippen molar-refractivity contribution in [3.63, 3.8) is 0 Å². The SMILES string of the molecule is N=C(Cc1ccc(I)c(C(=O)N2CCN(C(=O)CN3CCN(CC4CCNCC4)CC3)CC2)c1)c1ccccc1C(N)=O. The van der Waals surface area contributed by atoms with E-state index in [0.29, 0.717) is 49.4 Å². The molecule has 0 bridgehead atoms. The van der Waals surface area contributed by atoms with Gasteiger partial charge in [0.1, 0.15) is 0 Å². The average molecular weight is 700 g/mol. The fourth-order valence-electron chi connectivity index (χ4n) is 6.29. The van der Waals surface area contributed by atoms with Crippen LogP contribution < -0.4 is 11.1 Å². The highest BCUT2D eigenvalue weighted by atomic mass is 127. The Labute approximate surface area is 267 Å². The summed E-state index contributed by atoms with van der Waals surface area (Å²) in [6.45, 7) is 9.83. The molecule has 3 saturated heterocycles. The number of piperazine rings is 2. The van der Waals surface area contributed by atoms with Gasteiger partial charge in [-0.15, -0.1) is 0 Å². The van der Waals surface area contributed by atoms with Crippen LogP contribution in [0, 0.1) is 14.9 Å². The average Bonchev–Trinajstić information content (AvgIpc) is 3.03. The molecule has 0 aromatic heterocycles. The van der Waals surface area contributed by atoms with Crippen LogP contribution in [0.3, 0.4) is 0 Å². The molecular weight excluding hydrogens is 657 g/mol. The summed E-state index contributed by atoms with van der Waals surface area (Å²) in [6.07, 6.45) is 2.79. The molecule has 3 amide bonds. The van der Waals surface area contributed by atoms with E-state index in [9.17, 15) is 14.4 Å². The molecule has 43 heavy (non-hydrogen) atoms. The van der Waals surface area contributed by atoms with Crippen molar-refractivity contribution in [1.82, 2.24) is 24.9 Å². The Morgan fingerprint density at radius 3 is 2.14 bits per heavy atom. The van der Waals surface area contributed by atoms with Crippen molar-refractivity contribution >= 4 is 46.0 Å². The van der Waals surface area contributed by atoms with Gasteiger partial charge in [-0.2, -0.15) is 0 Å². The van der Waals surface area contributed by atoms with Crippen molar-refractivity contribution in [1.29, 1.82) is 5.41 Å². The van der Waals surface area contributed by atoms with E-state index < -0.39 is 5.91 Å². The van der Waals surface area contributed by atoms with Crippen LogP contribution in [-0.2, 0) is 11.2 Å². The van der Waals surface area contributed by atoms with Gasteiger partial charge in [-0.1, -0.05) is 24.3 Å². The number of hydrogen-bond donors (Lipinski definition) is 3. The minimum atomic E-state index is -0.568. The summed E-state index contributed by atoms with van der Waals surface area (Å²) in [6, 6.07) is 12.5. The van der Waals surface area contributed by atoms with E-state index in [1.807, 2.05) is 28.0 Å². The third kappa shape index (κ3) is 8.20. The van der Waals surface area contributed by atoms with E-state index in [-0.39, 0.29) is 23.9 Å². The van der Waals surface area contributed by atoms with E-state index in [0.717, 1.165) is 54.3 Å². The Morgan fingerprint density at radius 2 is 1.47 bits per heavy atom. The lowest BCUT2D eigenvalue weighted by atomic mass is 9.96. The maximum Gasteiger partial charge on any atom is 0.255 e. The number of amides is 3. The van der Waals surface area contributed by atoms with Crippen molar-refractivity contribution in [2.24, 2.45) is 11.7 Å². The standard InChI is InChI=1S/C32H42IN7O3/c33-28-6-5-24(20-29(34)25-3-1-2-4-26(25)31(35)42)19-27(28)32(43)40-17-15-39(16-18-40)30(41)22-38-13-11-37(12-14-38)21-23-7-9-36-10-8-23/h1-6,19,23,34,36H,7-18,20-22H2,(H2,35,42). The number of benzene rings is 2. The third-order valence-electron chi connectivity index (χ3n) is 8.88. The summed E-state index contributed by atoms with van der Waals surface area (Å²) >= 11 is 2.17. The number of piperidine rings is 1. The maximum atomic E-state index is 13.5. The van der Waals surface area contributed by atoms with Crippen molar-refractivity contribution < 1.29 is 14.4 Å². The van der Waals surface area contributed by atoms with Gasteiger partial charge in [0.2, 0.25) is 11.8 Å². The highest BCUT2D eigenvalue weighted by Crippen LogP contribution is 2.21. The molecule has 3 fully saturated rings. The molecule has 3 aliphatic heterocycles. The summed E-state index contributed by atoms with van der Waals surface area (Å²) in [5.41, 5.74) is 8.00. The molecule has 4 N–H and O–H groups in total. The van der Waals surface area contributed by atoms with Crippen LogP contribution in [0.25, 0.3) is 0 Å². The van der Waals surface area contributed by atoms with Crippen LogP contribution >= 0.6 is 22.6 Å². The van der Waals surface area contributed by atoms with Gasteiger partial charge in [-0.05, 0) is 78.2 Å². The topological polar surface area (TPSA) is 126 Å². The van der Waals surface area contributed by atoms with Gasteiger partial charge >= 0.3 is 0 Å². The number of carbonyl (C=O) groups excluding carboxylic acids is 3. The predicted octanol–water partition coefficient (Wildman–Crippen LogP) is 1.90. The maximum absolute atomic E-state index is 13.5. The molecule has 0 spiro atoms. The summed E-state index contributed by atoms with van der Waals surface area (Å²) in [7, 11) is 0. The second-order valence-electron chi connectivity index (χ2n) is 11.8. The first-order valence-electron chi connectivity index (χ1n) is 15.3. The van der Waals surface area contributed by atoms with Gasteiger partial charge in [0, 0.05) is 85.7 Å². The zero-order valence-electron chi connectivity index (χ0n) is 24.7. The number of rotatable bonds is 9. The number of halogens is 1. The van der Waals surface area contributed by atoms with E-state index >= 15 is 0 Å². The van der Waals surface area contributed by atoms with E-state index in [4.69, 9.17) is 11.1 Å². The normalized spacial score (nSPS) is 18.9. The van der Waals surface area contributed by atoms with Crippen LogP contribution in [0.2, 0.25) is 0 Å². The first-order valence-corrected chi connectivity index (χ1v) is 16.3. The Balaban J connectivity index is 1.10. The van der Waals surface area contributed by atoms with Crippen LogP contribution in [0.4, 0.5) is 0 Å². The Bertz CT molecular complexity index is 1330. The highest BCUT2D eigenvalue weighted by molar-refractivity contribution is 14.1. The second kappa shape index (κ2) is 14.7. The number of nitrogens with two attached hydrogens (primary N) is 1. The lowest BCUT2D eigenvalue weighted by molar-refractivity contribution is -0.134. The van der Waals surface area contributed by atoms with Gasteiger partial charge in [0.15, 0.2) is 0 Å². The van der Waals surface area contributed by atoms with Gasteiger partial charge in [-0.3, -0.25) is 19.3 Å².